The predicted octanol–water partition coefficient (Wildman–Crippen LogP) is 19.9. The highest BCUT2D eigenvalue weighted by molar-refractivity contribution is 7.89. The topological polar surface area (TPSA) is 376 Å². The van der Waals surface area contributed by atoms with E-state index >= 15 is 0 Å². The van der Waals surface area contributed by atoms with Gasteiger partial charge in [0.25, 0.3) is 0 Å². The van der Waals surface area contributed by atoms with Crippen LogP contribution in [0.1, 0.15) is 68.2 Å². The summed E-state index contributed by atoms with van der Waals surface area (Å²) in [5, 5.41) is 87.2. The molecule has 28 nitrogen and oxygen atoms in total. The molecule has 3 fully saturated rings. The number of benzene rings is 12. The fourth-order valence-corrected chi connectivity index (χ4v) is 19.1. The number of aliphatic hydroxyl groups excluding tert-OH is 6. The third kappa shape index (κ3) is 24.9. The van der Waals surface area contributed by atoms with Crippen molar-refractivity contribution in [3.63, 3.8) is 0 Å². The average molecular weight is 2120 g/mol. The van der Waals surface area contributed by atoms with E-state index in [-0.39, 0.29) is 89.5 Å². The van der Waals surface area contributed by atoms with E-state index in [4.69, 9.17) is 42.1 Å². The maximum Gasteiger partial charge on any atom is 0.417 e. The molecule has 15 aromatic rings. The fourth-order valence-electron chi connectivity index (χ4n) is 17.5. The van der Waals surface area contributed by atoms with E-state index in [1.165, 1.54) is 25.8 Å². The van der Waals surface area contributed by atoms with Gasteiger partial charge in [0.05, 0.1) is 165 Å². The lowest BCUT2D eigenvalue weighted by Gasteiger charge is -2.41. The highest BCUT2D eigenvalue weighted by atomic mass is 35.5. The number of ether oxygens (including phenoxy) is 4. The Bertz CT molecular complexity index is 7370. The van der Waals surface area contributed by atoms with Crippen LogP contribution in [0.15, 0.2) is 272 Å². The van der Waals surface area contributed by atoms with Crippen molar-refractivity contribution < 1.29 is 133 Å². The molecule has 12 unspecified atom stereocenters. The minimum Gasteiger partial charge on any atom is -0.457 e. The van der Waals surface area contributed by atoms with E-state index in [9.17, 15) is 115 Å². The van der Waals surface area contributed by atoms with E-state index in [1.54, 1.807) is 37.3 Å². The molecule has 4 amide bonds. The van der Waals surface area contributed by atoms with Crippen LogP contribution in [0.25, 0.3) is 55.0 Å². The smallest absolute Gasteiger partial charge is 0.417 e. The molecule has 18 rings (SSSR count). The van der Waals surface area contributed by atoms with Crippen LogP contribution in [0.2, 0.25) is 10.0 Å². The number of alkyl halides is 15. The first-order chi connectivity index (χ1) is 70.4. The molecular weight excluding hydrogens is 2030 g/mol. The number of rotatable bonds is 25. The number of hydrogen-bond acceptors (Lipinski definition) is 20. The molecule has 3 saturated heterocycles. The number of aromatic nitrogens is 6. The van der Waals surface area contributed by atoms with Gasteiger partial charge in [0.1, 0.15) is 29.8 Å². The number of aryl methyl sites for hydroxylation is 1. The molecule has 14 N–H and O–H groups in total. The Labute approximate surface area is 842 Å². The molecule has 3 aromatic heterocycles. The van der Waals surface area contributed by atoms with Gasteiger partial charge in [0, 0.05) is 36.0 Å². The molecule has 0 radical (unpaired) electrons. The Morgan fingerprint density at radius 2 is 0.791 bits per heavy atom. The van der Waals surface area contributed by atoms with E-state index in [2.05, 4.69) is 56.9 Å². The summed E-state index contributed by atoms with van der Waals surface area (Å²) in [7, 11) is -4.50. The van der Waals surface area contributed by atoms with E-state index in [0.29, 0.717) is 40.4 Å². The lowest BCUT2D eigenvalue weighted by molar-refractivity contribution is -0.138. The summed E-state index contributed by atoms with van der Waals surface area (Å²) in [6, 6.07) is 57.6. The van der Waals surface area contributed by atoms with Gasteiger partial charge < -0.3 is 101 Å². The molecule has 778 valence electrons. The van der Waals surface area contributed by atoms with Gasteiger partial charge in [-0.05, 0) is 197 Å². The van der Waals surface area contributed by atoms with Gasteiger partial charge >= 0.3 is 42.9 Å². The van der Waals surface area contributed by atoms with Crippen molar-refractivity contribution in [1.29, 1.82) is 0 Å². The van der Waals surface area contributed by atoms with Crippen LogP contribution in [-0.2, 0) is 74.7 Å². The van der Waals surface area contributed by atoms with Gasteiger partial charge in [-0.1, -0.05) is 145 Å². The van der Waals surface area contributed by atoms with Gasteiger partial charge in [-0.3, -0.25) is 0 Å². The van der Waals surface area contributed by atoms with Crippen LogP contribution < -0.4 is 46.7 Å². The number of urea groups is 2. The zero-order valence-corrected chi connectivity index (χ0v) is 79.5. The van der Waals surface area contributed by atoms with Gasteiger partial charge in [-0.15, -0.1) is 0 Å². The lowest BCUT2D eigenvalue weighted by Crippen LogP contribution is -2.58. The molecule has 0 bridgehead atoms. The maximum absolute atomic E-state index is 13.7. The Balaban J connectivity index is 0.000000158. The number of aliphatic hydroxyl groups is 6. The number of hydrogen-bond donors (Lipinski definition) is 14. The summed E-state index contributed by atoms with van der Waals surface area (Å²) in [4.78, 5) is 38.6. The molecular formula is C102H91Cl2F15N14O14S. The van der Waals surface area contributed by atoms with Crippen molar-refractivity contribution >= 4 is 118 Å². The second-order valence-electron chi connectivity index (χ2n) is 34.8. The van der Waals surface area contributed by atoms with Gasteiger partial charge in [0.15, 0.2) is 0 Å². The number of nitrogens with one attached hydrogen (secondary N) is 8. The summed E-state index contributed by atoms with van der Waals surface area (Å²) in [6.45, 7) is -0.407. The van der Waals surface area contributed by atoms with E-state index in [0.717, 1.165) is 111 Å². The summed E-state index contributed by atoms with van der Waals surface area (Å²) in [5.74, 6) is 1.41. The predicted molar refractivity (Wildman–Crippen MR) is 521 cm³/mol. The highest BCUT2D eigenvalue weighted by Crippen LogP contribution is 2.45. The van der Waals surface area contributed by atoms with Crippen molar-refractivity contribution in [2.75, 3.05) is 66.2 Å². The second-order valence-corrected chi connectivity index (χ2v) is 37.3. The number of nitrogens with zero attached hydrogens (tertiary/aromatic N) is 6. The van der Waals surface area contributed by atoms with Gasteiger partial charge in [-0.2, -0.15) is 65.9 Å². The number of para-hydroxylation sites is 1. The minimum atomic E-state index is -4.78. The summed E-state index contributed by atoms with van der Waals surface area (Å²) in [6.07, 6.45) is -31.2. The monoisotopic (exact) mass is 2120 g/mol. The molecule has 12 atom stereocenters. The minimum absolute atomic E-state index is 0.00352. The quantitative estimate of drug-likeness (QED) is 0.0236. The zero-order chi connectivity index (χ0) is 106. The summed E-state index contributed by atoms with van der Waals surface area (Å²) < 4.78 is 258. The Kier molecular flexibility index (Phi) is 32.3. The standard InChI is InChI=1S/C35H33ClF3N5O5.C34H30F6N4O5S.C33H28ClF6N5O4/c1-20-14-23(11-12-26(20)36)41-34(47)43-28-19-48-30(18-45)31(32(28)46)44-29-13-10-22(35(37,38)39)16-27(29)42-33(44)40-17-21-6-5-9-25(15-21)49-24-7-3-2-4-8-24;35-33(36,37)23-10-13-25(14-11-23)50(47,48)43-27-19-49-29(18-45)30(31(27)46)44-28-15-12-24(34(38,39)40)16-26(28)42-32(44)41-17-20-6-8-22(9-7-20)21-4-2-1-3-5-21;34-23-9-8-21(13-22(23)33(38,39)40)42-31(48)44-25-16-49-27(15-46)28(29(25)47)45-26-10-7-20(32(35,36)37)12-24(26)43-30(45)41-14-17-5-6-18-3-1-2-4-19(18)11-17/h2-16,28,30-32,45-46H,17-19H2,1H3,(H,40,42)(H2,41,43,47);1-16,27,29-31,43,45-46H,17-19H2,(H,41,42);1-13,25,27-29,46-47H,14-16H2,(H,41,43)(H2,42,44,48). The number of fused-ring (bicyclic) bond motifs is 4. The second kappa shape index (κ2) is 44.7. The molecule has 12 aromatic carbocycles. The van der Waals surface area contributed by atoms with Crippen molar-refractivity contribution in [1.82, 2.24) is 44.0 Å². The summed E-state index contributed by atoms with van der Waals surface area (Å²) in [5.41, 5.74) is 0.685. The van der Waals surface area contributed by atoms with Crippen LogP contribution in [0.3, 0.4) is 0 Å². The van der Waals surface area contributed by atoms with Crippen LogP contribution in [0, 0.1) is 6.92 Å². The molecule has 6 heterocycles. The van der Waals surface area contributed by atoms with Crippen molar-refractivity contribution in [2.45, 2.75) is 135 Å². The number of imidazole rings is 3. The lowest BCUT2D eigenvalue weighted by atomic mass is 9.95. The number of carbonyl (C=O) groups is 2. The van der Waals surface area contributed by atoms with Crippen LogP contribution in [0.4, 0.5) is 105 Å². The van der Waals surface area contributed by atoms with Crippen molar-refractivity contribution in [3.8, 4) is 22.6 Å². The molecule has 3 aliphatic rings. The van der Waals surface area contributed by atoms with Gasteiger partial charge in [-0.25, -0.2) is 37.7 Å². The fraction of sp³-hybridized carbons (Fsp3) is 0.265. The van der Waals surface area contributed by atoms with Crippen LogP contribution in [0.5, 0.6) is 11.5 Å². The average Bonchev–Trinajstić information content (AvgIpc) is 1.61. The molecule has 46 heteroatoms. The number of sulfonamides is 1. The number of anilines is 5. The van der Waals surface area contributed by atoms with Crippen LogP contribution >= 0.6 is 23.2 Å². The van der Waals surface area contributed by atoms with Gasteiger partial charge in [0.2, 0.25) is 27.9 Å². The number of halogens is 17. The normalized spacial score (nSPS) is 19.9. The Morgan fingerprint density at radius 3 is 1.24 bits per heavy atom. The Hall–Kier alpha value is -13.9. The largest absolute Gasteiger partial charge is 0.457 e. The Morgan fingerprint density at radius 1 is 0.399 bits per heavy atom. The zero-order valence-electron chi connectivity index (χ0n) is 77.2. The maximum atomic E-state index is 13.7. The SMILES string of the molecule is Cc1cc(NC(=O)NC2COC(CO)C(n3c(NCc4cccc(Oc5ccccc5)c4)nc4cc(C(F)(F)F)ccc43)C2O)ccc1Cl.O=C(Nc1ccc(Cl)c(C(F)(F)F)c1)NC1COC(CO)C(n2c(NCc3ccc4ccccc4c3)nc3cc(C(F)(F)F)ccc32)C1O.O=S(=O)(NC1COC(CO)C(n2c(NCc3ccc(-c4ccccc4)cc3)nc3cc(C(F)(F)F)ccc32)C1O)c1ccc(C(F)(F)F)cc1. The first kappa shape index (κ1) is 107. The van der Waals surface area contributed by atoms with E-state index < -0.39 is 190 Å². The van der Waals surface area contributed by atoms with Crippen molar-refractivity contribution in [3.05, 3.63) is 327 Å². The van der Waals surface area contributed by atoms with Crippen molar-refractivity contribution in [2.24, 2.45) is 0 Å². The molecule has 0 aliphatic carbocycles. The third-order valence-corrected chi connectivity index (χ3v) is 27.1. The highest BCUT2D eigenvalue weighted by Gasteiger charge is 2.49. The molecule has 0 saturated carbocycles. The first-order valence-corrected chi connectivity index (χ1v) is 47.7. The summed E-state index contributed by atoms with van der Waals surface area (Å²) >= 11 is 11.8. The van der Waals surface area contributed by atoms with Crippen LogP contribution in [-0.4, -0.2) is 174 Å². The molecule has 3 aliphatic heterocycles. The molecule has 0 spiro atoms. The number of amides is 4. The number of carbonyl (C=O) groups excluding carboxylic acids is 2. The third-order valence-electron chi connectivity index (χ3n) is 24.9. The van der Waals surface area contributed by atoms with E-state index in [1.807, 2.05) is 140 Å². The first-order valence-electron chi connectivity index (χ1n) is 45.5. The molecule has 148 heavy (non-hydrogen) atoms.